The number of nitrogens with zero attached hydrogens (tertiary/aromatic N) is 5. The fourth-order valence-electron chi connectivity index (χ4n) is 3.90. The Bertz CT molecular complexity index is 1210. The largest absolute Gasteiger partial charge is 0.420 e. The molecule has 0 radical (unpaired) electrons. The van der Waals surface area contributed by atoms with Crippen molar-refractivity contribution >= 4 is 11.8 Å². The van der Waals surface area contributed by atoms with Crippen LogP contribution in [0.25, 0.3) is 22.7 Å². The van der Waals surface area contributed by atoms with Crippen LogP contribution in [0.2, 0.25) is 0 Å². The molecular weight excluding hydrogens is 426 g/mol. The van der Waals surface area contributed by atoms with Gasteiger partial charge in [-0.2, -0.15) is 0 Å². The van der Waals surface area contributed by atoms with Gasteiger partial charge in [-0.1, -0.05) is 47.3 Å². The molecule has 4 heterocycles. The predicted octanol–water partition coefficient (Wildman–Crippen LogP) is 4.98. The van der Waals surface area contributed by atoms with Gasteiger partial charge in [0.2, 0.25) is 5.89 Å². The number of rotatable bonds is 7. The Balaban J connectivity index is 1.35. The molecule has 1 aromatic carbocycles. The number of aryl methyl sites for hydroxylation is 2. The first-order valence-corrected chi connectivity index (χ1v) is 11.7. The van der Waals surface area contributed by atoms with E-state index in [2.05, 4.69) is 26.8 Å². The lowest BCUT2D eigenvalue weighted by atomic mass is 10.1. The molecule has 0 N–H and O–H groups in total. The topological polar surface area (TPSA) is 92.0 Å². The maximum atomic E-state index is 6.00. The van der Waals surface area contributed by atoms with Gasteiger partial charge in [-0.05, 0) is 33.6 Å². The van der Waals surface area contributed by atoms with E-state index < -0.39 is 0 Å². The van der Waals surface area contributed by atoms with E-state index in [1.165, 1.54) is 5.69 Å². The van der Waals surface area contributed by atoms with Crippen molar-refractivity contribution in [2.75, 3.05) is 6.61 Å². The number of ether oxygens (including phenoxy) is 1. The fraction of sp³-hybridized carbons (Fsp3) is 0.391. The van der Waals surface area contributed by atoms with Gasteiger partial charge in [-0.25, -0.2) is 4.98 Å². The molecule has 1 aliphatic heterocycles. The highest BCUT2D eigenvalue weighted by Gasteiger charge is 2.23. The van der Waals surface area contributed by atoms with Crippen LogP contribution in [0.1, 0.15) is 35.9 Å². The van der Waals surface area contributed by atoms with E-state index in [4.69, 9.17) is 18.7 Å². The van der Waals surface area contributed by atoms with E-state index in [1.54, 1.807) is 11.8 Å². The van der Waals surface area contributed by atoms with Crippen LogP contribution in [0.15, 0.2) is 44.4 Å². The van der Waals surface area contributed by atoms with Crippen LogP contribution in [0, 0.1) is 20.8 Å². The molecular formula is C23H25N5O3S. The van der Waals surface area contributed by atoms with Gasteiger partial charge in [0.05, 0.1) is 24.1 Å². The number of imidazole rings is 1. The maximum absolute atomic E-state index is 6.00. The molecule has 8 nitrogen and oxygen atoms in total. The van der Waals surface area contributed by atoms with E-state index >= 15 is 0 Å². The summed E-state index contributed by atoms with van der Waals surface area (Å²) in [4.78, 5) is 4.75. The minimum absolute atomic E-state index is 0.254. The van der Waals surface area contributed by atoms with E-state index in [0.29, 0.717) is 29.0 Å². The smallest absolute Gasteiger partial charge is 0.253 e. The van der Waals surface area contributed by atoms with Crippen LogP contribution < -0.4 is 0 Å². The molecule has 4 aromatic rings. The molecule has 0 aliphatic carbocycles. The molecule has 166 valence electrons. The number of benzene rings is 1. The third-order valence-corrected chi connectivity index (χ3v) is 6.71. The van der Waals surface area contributed by atoms with Crippen molar-refractivity contribution in [2.45, 2.75) is 57.2 Å². The van der Waals surface area contributed by atoms with Crippen molar-refractivity contribution < 1.29 is 13.7 Å². The quantitative estimate of drug-likeness (QED) is 0.363. The minimum atomic E-state index is 0.254. The van der Waals surface area contributed by atoms with Crippen LogP contribution in [0.3, 0.4) is 0 Å². The maximum Gasteiger partial charge on any atom is 0.253 e. The lowest BCUT2D eigenvalue weighted by molar-refractivity contribution is 0.0945. The standard InChI is InChI=1S/C23H25N5O3S/c1-14-15(2)28(12-18-10-7-11-29-18)23(24-14)32-13-19-25-26-22(30-19)20-16(3)31-27-21(20)17-8-5-4-6-9-17/h4-6,8-9,18H,7,10-13H2,1-3H3/t18-/m0/s1. The average molecular weight is 452 g/mol. The Morgan fingerprint density at radius 3 is 2.75 bits per heavy atom. The second-order valence-electron chi connectivity index (χ2n) is 7.93. The average Bonchev–Trinajstić information content (AvgIpc) is 3.59. The molecule has 3 aromatic heterocycles. The first-order valence-electron chi connectivity index (χ1n) is 10.7. The summed E-state index contributed by atoms with van der Waals surface area (Å²) in [5.41, 5.74) is 4.57. The second-order valence-corrected chi connectivity index (χ2v) is 8.87. The number of aromatic nitrogens is 5. The third-order valence-electron chi connectivity index (χ3n) is 5.75. The first kappa shape index (κ1) is 21.0. The Kier molecular flexibility index (Phi) is 5.84. The molecule has 1 atom stereocenters. The van der Waals surface area contributed by atoms with Crippen LogP contribution in [-0.4, -0.2) is 37.6 Å². The fourth-order valence-corrected chi connectivity index (χ4v) is 4.84. The van der Waals surface area contributed by atoms with Crippen molar-refractivity contribution in [1.82, 2.24) is 24.9 Å². The molecule has 1 fully saturated rings. The highest BCUT2D eigenvalue weighted by atomic mass is 32.2. The molecule has 5 rings (SSSR count). The minimum Gasteiger partial charge on any atom is -0.420 e. The Labute approximate surface area is 190 Å². The van der Waals surface area contributed by atoms with Crippen molar-refractivity contribution in [3.05, 3.63) is 53.4 Å². The van der Waals surface area contributed by atoms with Gasteiger partial charge in [-0.3, -0.25) is 0 Å². The van der Waals surface area contributed by atoms with E-state index in [9.17, 15) is 0 Å². The van der Waals surface area contributed by atoms with Crippen molar-refractivity contribution in [2.24, 2.45) is 0 Å². The molecule has 32 heavy (non-hydrogen) atoms. The Morgan fingerprint density at radius 2 is 1.97 bits per heavy atom. The van der Waals surface area contributed by atoms with E-state index in [-0.39, 0.29) is 6.10 Å². The Morgan fingerprint density at radius 1 is 1.12 bits per heavy atom. The zero-order valence-electron chi connectivity index (χ0n) is 18.4. The molecule has 0 saturated carbocycles. The second kappa shape index (κ2) is 8.91. The lowest BCUT2D eigenvalue weighted by Gasteiger charge is -2.14. The van der Waals surface area contributed by atoms with Gasteiger partial charge >= 0.3 is 0 Å². The molecule has 0 amide bonds. The summed E-state index contributed by atoms with van der Waals surface area (Å²) < 4.78 is 19.5. The molecule has 0 unspecified atom stereocenters. The highest BCUT2D eigenvalue weighted by molar-refractivity contribution is 7.98. The van der Waals surface area contributed by atoms with Gasteiger partial charge in [0.25, 0.3) is 5.89 Å². The lowest BCUT2D eigenvalue weighted by Crippen LogP contribution is -2.16. The number of hydrogen-bond acceptors (Lipinski definition) is 8. The highest BCUT2D eigenvalue weighted by Crippen LogP contribution is 2.34. The van der Waals surface area contributed by atoms with E-state index in [1.807, 2.05) is 44.2 Å². The molecule has 0 bridgehead atoms. The normalized spacial score (nSPS) is 16.2. The summed E-state index contributed by atoms with van der Waals surface area (Å²) in [6, 6.07) is 9.84. The predicted molar refractivity (Wildman–Crippen MR) is 120 cm³/mol. The summed E-state index contributed by atoms with van der Waals surface area (Å²) in [7, 11) is 0. The molecule has 1 saturated heterocycles. The van der Waals surface area contributed by atoms with E-state index in [0.717, 1.165) is 48.0 Å². The summed E-state index contributed by atoms with van der Waals surface area (Å²) in [6.07, 6.45) is 2.47. The van der Waals surface area contributed by atoms with Crippen LogP contribution in [0.4, 0.5) is 0 Å². The molecule has 1 aliphatic rings. The van der Waals surface area contributed by atoms with Crippen molar-refractivity contribution in [1.29, 1.82) is 0 Å². The van der Waals surface area contributed by atoms with Crippen LogP contribution in [0.5, 0.6) is 0 Å². The zero-order chi connectivity index (χ0) is 22.1. The van der Waals surface area contributed by atoms with Crippen molar-refractivity contribution in [3.8, 4) is 22.7 Å². The van der Waals surface area contributed by atoms with Gasteiger partial charge in [-0.15, -0.1) is 10.2 Å². The third kappa shape index (κ3) is 4.10. The number of thioether (sulfide) groups is 1. The van der Waals surface area contributed by atoms with Gasteiger partial charge in [0, 0.05) is 17.9 Å². The molecule has 0 spiro atoms. The van der Waals surface area contributed by atoms with Crippen LogP contribution >= 0.6 is 11.8 Å². The van der Waals surface area contributed by atoms with Gasteiger partial charge in [0.1, 0.15) is 17.0 Å². The van der Waals surface area contributed by atoms with Crippen LogP contribution in [-0.2, 0) is 17.0 Å². The van der Waals surface area contributed by atoms with Gasteiger partial charge < -0.3 is 18.2 Å². The van der Waals surface area contributed by atoms with Crippen molar-refractivity contribution in [3.63, 3.8) is 0 Å². The monoisotopic (exact) mass is 451 g/mol. The number of hydrogen-bond donors (Lipinski definition) is 0. The summed E-state index contributed by atoms with van der Waals surface area (Å²) in [5, 5.41) is 13.7. The summed E-state index contributed by atoms with van der Waals surface area (Å²) in [5.74, 6) is 2.12. The SMILES string of the molecule is Cc1nc(SCc2nnc(-c3c(-c4ccccc4)noc3C)o2)n(C[C@@H]2CCCO2)c1C. The zero-order valence-corrected chi connectivity index (χ0v) is 19.2. The Hall–Kier alpha value is -2.91. The first-order chi connectivity index (χ1) is 15.6. The summed E-state index contributed by atoms with van der Waals surface area (Å²) >= 11 is 1.59. The van der Waals surface area contributed by atoms with Gasteiger partial charge in [0.15, 0.2) is 5.16 Å². The summed E-state index contributed by atoms with van der Waals surface area (Å²) in [6.45, 7) is 7.66. The molecule has 9 heteroatoms.